The van der Waals surface area contributed by atoms with E-state index in [1.54, 1.807) is 13.8 Å². The summed E-state index contributed by atoms with van der Waals surface area (Å²) in [4.78, 5) is 22.3. The maximum absolute atomic E-state index is 11.6. The molecule has 1 rings (SSSR count). The molecular formula is C12H22N2O4. The molecular weight excluding hydrogens is 236 g/mol. The molecule has 6 nitrogen and oxygen atoms in total. The van der Waals surface area contributed by atoms with E-state index in [9.17, 15) is 9.59 Å². The maximum Gasteiger partial charge on any atom is 0.315 e. The Morgan fingerprint density at radius 2 is 1.94 bits per heavy atom. The van der Waals surface area contributed by atoms with Crippen molar-refractivity contribution in [1.82, 2.24) is 10.6 Å². The van der Waals surface area contributed by atoms with Gasteiger partial charge in [0.25, 0.3) is 0 Å². The van der Waals surface area contributed by atoms with Gasteiger partial charge < -0.3 is 20.5 Å². The molecule has 0 bridgehead atoms. The minimum atomic E-state index is -0.926. The van der Waals surface area contributed by atoms with Crippen LogP contribution in [0.25, 0.3) is 0 Å². The fraction of sp³-hybridized carbons (Fsp3) is 0.833. The number of hydrogen-bond acceptors (Lipinski definition) is 3. The van der Waals surface area contributed by atoms with Gasteiger partial charge in [-0.15, -0.1) is 0 Å². The van der Waals surface area contributed by atoms with E-state index < -0.39 is 11.5 Å². The van der Waals surface area contributed by atoms with E-state index in [2.05, 4.69) is 10.6 Å². The fourth-order valence-electron chi connectivity index (χ4n) is 1.96. The molecule has 3 N–H and O–H groups in total. The second-order valence-corrected chi connectivity index (χ2v) is 5.35. The van der Waals surface area contributed by atoms with E-state index in [1.165, 1.54) is 0 Å². The Bertz CT molecular complexity index is 298. The van der Waals surface area contributed by atoms with Crippen LogP contribution >= 0.6 is 0 Å². The molecule has 0 spiro atoms. The summed E-state index contributed by atoms with van der Waals surface area (Å²) in [5.41, 5.74) is -0.744. The number of hydrogen-bond donors (Lipinski definition) is 3. The smallest absolute Gasteiger partial charge is 0.315 e. The van der Waals surface area contributed by atoms with Crippen LogP contribution in [0, 0.1) is 5.92 Å². The summed E-state index contributed by atoms with van der Waals surface area (Å²) in [6.45, 7) is 5.49. The fourth-order valence-corrected chi connectivity index (χ4v) is 1.96. The number of carbonyl (C=O) groups is 2. The summed E-state index contributed by atoms with van der Waals surface area (Å²) >= 11 is 0. The van der Waals surface area contributed by atoms with Crippen molar-refractivity contribution in [2.45, 2.75) is 38.6 Å². The highest BCUT2D eigenvalue weighted by Crippen LogP contribution is 2.13. The lowest BCUT2D eigenvalue weighted by molar-refractivity contribution is -0.138. The summed E-state index contributed by atoms with van der Waals surface area (Å²) in [6, 6.07) is -0.312. The molecule has 6 heteroatoms. The lowest BCUT2D eigenvalue weighted by atomic mass is 10.00. The van der Waals surface area contributed by atoms with Crippen LogP contribution < -0.4 is 10.6 Å². The Kier molecular flexibility index (Phi) is 5.40. The van der Waals surface area contributed by atoms with E-state index in [1.807, 2.05) is 0 Å². The number of amides is 2. The van der Waals surface area contributed by atoms with Gasteiger partial charge in [-0.05, 0) is 32.6 Å². The van der Waals surface area contributed by atoms with Gasteiger partial charge in [0.2, 0.25) is 0 Å². The quantitative estimate of drug-likeness (QED) is 0.685. The third-order valence-corrected chi connectivity index (χ3v) is 2.94. The van der Waals surface area contributed by atoms with Crippen LogP contribution in [-0.4, -0.2) is 42.4 Å². The molecule has 1 saturated heterocycles. The first-order valence-electron chi connectivity index (χ1n) is 6.24. The zero-order chi connectivity index (χ0) is 13.6. The minimum Gasteiger partial charge on any atom is -0.481 e. The number of nitrogens with one attached hydrogen (secondary N) is 2. The van der Waals surface area contributed by atoms with Gasteiger partial charge in [-0.25, -0.2) is 4.79 Å². The average Bonchev–Trinajstić information content (AvgIpc) is 2.25. The second-order valence-electron chi connectivity index (χ2n) is 5.35. The highest BCUT2D eigenvalue weighted by molar-refractivity contribution is 5.76. The van der Waals surface area contributed by atoms with Gasteiger partial charge in [0.15, 0.2) is 0 Å². The normalized spacial score (nSPS) is 17.2. The van der Waals surface area contributed by atoms with E-state index in [-0.39, 0.29) is 12.5 Å². The first kappa shape index (κ1) is 14.8. The van der Waals surface area contributed by atoms with E-state index in [4.69, 9.17) is 9.84 Å². The molecule has 0 saturated carbocycles. The Hall–Kier alpha value is -1.30. The average molecular weight is 258 g/mol. The summed E-state index contributed by atoms with van der Waals surface area (Å²) in [5.74, 6) is -0.475. The SMILES string of the molecule is CC(C)(CC(=O)O)NC(=O)NCC1CCOCC1. The molecule has 0 radical (unpaired) electrons. The van der Waals surface area contributed by atoms with Crippen molar-refractivity contribution in [2.24, 2.45) is 5.92 Å². The van der Waals surface area contributed by atoms with E-state index in [0.717, 1.165) is 26.1 Å². The van der Waals surface area contributed by atoms with Gasteiger partial charge in [-0.1, -0.05) is 0 Å². The molecule has 1 heterocycles. The number of carbonyl (C=O) groups excluding carboxylic acids is 1. The van der Waals surface area contributed by atoms with Gasteiger partial charge in [-0.2, -0.15) is 0 Å². The van der Waals surface area contributed by atoms with Crippen LogP contribution in [0.2, 0.25) is 0 Å². The molecule has 0 atom stereocenters. The number of ether oxygens (including phenoxy) is 1. The summed E-state index contributed by atoms with van der Waals surface area (Å²) in [6.07, 6.45) is 1.81. The molecule has 1 aliphatic rings. The Morgan fingerprint density at radius 3 is 2.50 bits per heavy atom. The summed E-state index contributed by atoms with van der Waals surface area (Å²) < 4.78 is 5.24. The Balaban J connectivity index is 2.25. The molecule has 0 aromatic rings. The topological polar surface area (TPSA) is 87.7 Å². The predicted octanol–water partition coefficient (Wildman–Crippen LogP) is 0.965. The molecule has 1 aliphatic heterocycles. The monoisotopic (exact) mass is 258 g/mol. The molecule has 2 amide bonds. The lowest BCUT2D eigenvalue weighted by Gasteiger charge is -2.26. The second kappa shape index (κ2) is 6.58. The van der Waals surface area contributed by atoms with Gasteiger partial charge in [-0.3, -0.25) is 4.79 Å². The number of rotatable bonds is 5. The third-order valence-electron chi connectivity index (χ3n) is 2.94. The standard InChI is InChI=1S/C12H22N2O4/c1-12(2,7-10(15)16)14-11(17)13-8-9-3-5-18-6-4-9/h9H,3-8H2,1-2H3,(H,15,16)(H2,13,14,17). The van der Waals surface area contributed by atoms with Crippen LogP contribution in [-0.2, 0) is 9.53 Å². The molecule has 18 heavy (non-hydrogen) atoms. The number of carboxylic acid groups (broad SMARTS) is 1. The molecule has 0 aromatic heterocycles. The van der Waals surface area contributed by atoms with Crippen molar-refractivity contribution in [1.29, 1.82) is 0 Å². The Labute approximate surface area is 107 Å². The predicted molar refractivity (Wildman–Crippen MR) is 66.4 cm³/mol. The van der Waals surface area contributed by atoms with Gasteiger partial charge >= 0.3 is 12.0 Å². The highest BCUT2D eigenvalue weighted by Gasteiger charge is 2.24. The van der Waals surface area contributed by atoms with Crippen molar-refractivity contribution in [3.8, 4) is 0 Å². The van der Waals surface area contributed by atoms with Crippen LogP contribution in [0.4, 0.5) is 4.79 Å². The Morgan fingerprint density at radius 1 is 1.33 bits per heavy atom. The van der Waals surface area contributed by atoms with Crippen molar-refractivity contribution >= 4 is 12.0 Å². The molecule has 0 unspecified atom stereocenters. The third kappa shape index (κ3) is 5.86. The van der Waals surface area contributed by atoms with Gasteiger partial charge in [0.1, 0.15) is 0 Å². The van der Waals surface area contributed by atoms with Gasteiger partial charge in [0.05, 0.1) is 6.42 Å². The highest BCUT2D eigenvalue weighted by atomic mass is 16.5. The largest absolute Gasteiger partial charge is 0.481 e. The van der Waals surface area contributed by atoms with Crippen molar-refractivity contribution in [3.05, 3.63) is 0 Å². The summed E-state index contributed by atoms with van der Waals surface area (Å²) in [7, 11) is 0. The molecule has 1 fully saturated rings. The van der Waals surface area contributed by atoms with Crippen molar-refractivity contribution < 1.29 is 19.4 Å². The lowest BCUT2D eigenvalue weighted by Crippen LogP contribution is -2.50. The zero-order valence-electron chi connectivity index (χ0n) is 11.0. The first-order valence-corrected chi connectivity index (χ1v) is 6.24. The zero-order valence-corrected chi connectivity index (χ0v) is 11.0. The molecule has 0 aliphatic carbocycles. The van der Waals surface area contributed by atoms with Crippen LogP contribution in [0.3, 0.4) is 0 Å². The van der Waals surface area contributed by atoms with Crippen LogP contribution in [0.5, 0.6) is 0 Å². The van der Waals surface area contributed by atoms with Crippen molar-refractivity contribution in [3.63, 3.8) is 0 Å². The maximum atomic E-state index is 11.6. The number of urea groups is 1. The molecule has 104 valence electrons. The summed E-state index contributed by atoms with van der Waals surface area (Å²) in [5, 5.41) is 14.2. The van der Waals surface area contributed by atoms with Crippen LogP contribution in [0.1, 0.15) is 33.1 Å². The minimum absolute atomic E-state index is 0.0995. The van der Waals surface area contributed by atoms with Gasteiger partial charge in [0, 0.05) is 25.3 Å². The van der Waals surface area contributed by atoms with Crippen molar-refractivity contribution in [2.75, 3.05) is 19.8 Å². The first-order chi connectivity index (χ1) is 8.39. The van der Waals surface area contributed by atoms with E-state index >= 15 is 0 Å². The van der Waals surface area contributed by atoms with E-state index in [0.29, 0.717) is 12.5 Å². The molecule has 0 aromatic carbocycles. The number of aliphatic carboxylic acids is 1. The van der Waals surface area contributed by atoms with Crippen LogP contribution in [0.15, 0.2) is 0 Å². The number of carboxylic acids is 1.